The molecule has 7 heteroatoms. The monoisotopic (exact) mass is 407 g/mol. The summed E-state index contributed by atoms with van der Waals surface area (Å²) in [5, 5.41) is -0.0591. The fourth-order valence-corrected chi connectivity index (χ4v) is 3.88. The van der Waals surface area contributed by atoms with Crippen molar-refractivity contribution in [1.82, 2.24) is 0 Å². The second-order valence-corrected chi connectivity index (χ2v) is 7.90. The zero-order valence-corrected chi connectivity index (χ0v) is 16.4. The van der Waals surface area contributed by atoms with Crippen molar-refractivity contribution in [3.05, 3.63) is 63.8 Å². The predicted octanol–water partition coefficient (Wildman–Crippen LogP) is 5.67. The molecule has 1 saturated heterocycles. The first-order valence-electron chi connectivity index (χ1n) is 7.85. The van der Waals surface area contributed by atoms with Gasteiger partial charge in [-0.3, -0.25) is 9.69 Å². The van der Waals surface area contributed by atoms with Crippen LogP contribution in [0.15, 0.2) is 47.4 Å². The Kier molecular flexibility index (Phi) is 5.65. The standard InChI is InChI=1S/C19H15ClFNO2S2/c1-11(2)24-16-6-4-3-5-12(16)9-17-18(23)22(19(25)26-17)13-7-8-15(21)14(20)10-13/h3-11H,1-2H3/b17-9-. The van der Waals surface area contributed by atoms with E-state index in [1.165, 1.54) is 34.9 Å². The number of ether oxygens (including phenoxy) is 1. The van der Waals surface area contributed by atoms with Gasteiger partial charge < -0.3 is 4.74 Å². The number of hydrogen-bond donors (Lipinski definition) is 0. The van der Waals surface area contributed by atoms with Gasteiger partial charge in [0.2, 0.25) is 0 Å². The summed E-state index contributed by atoms with van der Waals surface area (Å²) in [5.41, 5.74) is 1.23. The first kappa shape index (κ1) is 18.9. The topological polar surface area (TPSA) is 29.5 Å². The Morgan fingerprint density at radius 1 is 1.27 bits per heavy atom. The maximum absolute atomic E-state index is 13.4. The van der Waals surface area contributed by atoms with Gasteiger partial charge in [0.15, 0.2) is 4.32 Å². The largest absolute Gasteiger partial charge is 0.490 e. The number of hydrogen-bond acceptors (Lipinski definition) is 4. The van der Waals surface area contributed by atoms with E-state index >= 15 is 0 Å². The van der Waals surface area contributed by atoms with Crippen LogP contribution in [0.4, 0.5) is 10.1 Å². The van der Waals surface area contributed by atoms with Crippen LogP contribution in [0.5, 0.6) is 5.75 Å². The summed E-state index contributed by atoms with van der Waals surface area (Å²) in [6, 6.07) is 11.6. The quantitative estimate of drug-likeness (QED) is 0.482. The summed E-state index contributed by atoms with van der Waals surface area (Å²) in [6.45, 7) is 3.88. The molecule has 134 valence electrons. The molecule has 26 heavy (non-hydrogen) atoms. The minimum absolute atomic E-state index is 0.0143. The van der Waals surface area contributed by atoms with Crippen molar-refractivity contribution < 1.29 is 13.9 Å². The second kappa shape index (κ2) is 7.78. The van der Waals surface area contributed by atoms with Gasteiger partial charge in [0.25, 0.3) is 5.91 Å². The molecule has 0 aromatic heterocycles. The average molecular weight is 408 g/mol. The fourth-order valence-electron chi connectivity index (χ4n) is 2.42. The number of benzene rings is 2. The van der Waals surface area contributed by atoms with Crippen molar-refractivity contribution in [2.45, 2.75) is 20.0 Å². The number of amides is 1. The van der Waals surface area contributed by atoms with Crippen LogP contribution in [0.3, 0.4) is 0 Å². The molecule has 1 aliphatic rings. The van der Waals surface area contributed by atoms with Crippen LogP contribution in [0, 0.1) is 5.82 Å². The Balaban J connectivity index is 1.94. The van der Waals surface area contributed by atoms with Gasteiger partial charge in [-0.1, -0.05) is 53.8 Å². The number of para-hydroxylation sites is 1. The molecule has 2 aromatic carbocycles. The summed E-state index contributed by atoms with van der Waals surface area (Å²) in [7, 11) is 0. The van der Waals surface area contributed by atoms with Crippen molar-refractivity contribution in [3.8, 4) is 5.75 Å². The summed E-state index contributed by atoms with van der Waals surface area (Å²) in [5.74, 6) is -0.129. The van der Waals surface area contributed by atoms with Gasteiger partial charge in [-0.25, -0.2) is 4.39 Å². The second-order valence-electron chi connectivity index (χ2n) is 5.82. The van der Waals surface area contributed by atoms with Gasteiger partial charge in [0.1, 0.15) is 11.6 Å². The SMILES string of the molecule is CC(C)Oc1ccccc1/C=C1\SC(=S)N(c2ccc(F)c(Cl)c2)C1=O. The van der Waals surface area contributed by atoms with Crippen LogP contribution in [-0.2, 0) is 4.79 Å². The Hall–Kier alpha value is -1.89. The van der Waals surface area contributed by atoms with E-state index in [-0.39, 0.29) is 17.0 Å². The Morgan fingerprint density at radius 3 is 2.69 bits per heavy atom. The molecule has 1 aliphatic heterocycles. The molecule has 0 radical (unpaired) electrons. The molecule has 1 fully saturated rings. The highest BCUT2D eigenvalue weighted by Gasteiger charge is 2.33. The average Bonchev–Trinajstić information content (AvgIpc) is 2.85. The molecule has 0 saturated carbocycles. The Labute approximate surface area is 165 Å². The fraction of sp³-hybridized carbons (Fsp3) is 0.158. The van der Waals surface area contributed by atoms with Gasteiger partial charge in [-0.2, -0.15) is 0 Å². The van der Waals surface area contributed by atoms with Crippen molar-refractivity contribution in [2.24, 2.45) is 0 Å². The number of rotatable bonds is 4. The number of carbonyl (C=O) groups is 1. The third-order valence-electron chi connectivity index (χ3n) is 3.52. The van der Waals surface area contributed by atoms with Gasteiger partial charge in [-0.05, 0) is 44.2 Å². The minimum Gasteiger partial charge on any atom is -0.490 e. The van der Waals surface area contributed by atoms with E-state index in [0.717, 1.165) is 5.56 Å². The van der Waals surface area contributed by atoms with E-state index in [1.807, 2.05) is 38.1 Å². The number of thioether (sulfide) groups is 1. The van der Waals surface area contributed by atoms with Crippen LogP contribution >= 0.6 is 35.6 Å². The smallest absolute Gasteiger partial charge is 0.270 e. The van der Waals surface area contributed by atoms with Crippen molar-refractivity contribution in [3.63, 3.8) is 0 Å². The third-order valence-corrected chi connectivity index (χ3v) is 5.12. The van der Waals surface area contributed by atoms with Crippen LogP contribution in [0.2, 0.25) is 5.02 Å². The Bertz CT molecular complexity index is 914. The van der Waals surface area contributed by atoms with Crippen LogP contribution in [0.25, 0.3) is 6.08 Å². The summed E-state index contributed by atoms with van der Waals surface area (Å²) < 4.78 is 19.5. The van der Waals surface area contributed by atoms with E-state index in [0.29, 0.717) is 20.7 Å². The number of thiocarbonyl (C=S) groups is 1. The lowest BCUT2D eigenvalue weighted by Crippen LogP contribution is -2.27. The molecule has 1 amide bonds. The normalized spacial score (nSPS) is 16.0. The highest BCUT2D eigenvalue weighted by Crippen LogP contribution is 2.38. The number of carbonyl (C=O) groups excluding carboxylic acids is 1. The van der Waals surface area contributed by atoms with E-state index in [1.54, 1.807) is 6.08 Å². The number of halogens is 2. The van der Waals surface area contributed by atoms with Crippen LogP contribution < -0.4 is 9.64 Å². The molecular formula is C19H15ClFNO2S2. The molecule has 1 heterocycles. The molecule has 3 nitrogen and oxygen atoms in total. The molecule has 0 unspecified atom stereocenters. The van der Waals surface area contributed by atoms with Gasteiger partial charge >= 0.3 is 0 Å². The molecule has 2 aromatic rings. The number of anilines is 1. The van der Waals surface area contributed by atoms with Gasteiger partial charge in [-0.15, -0.1) is 0 Å². The predicted molar refractivity (Wildman–Crippen MR) is 109 cm³/mol. The molecule has 0 bridgehead atoms. The maximum Gasteiger partial charge on any atom is 0.270 e. The molecule has 0 N–H and O–H groups in total. The first-order chi connectivity index (χ1) is 12.4. The molecule has 0 aliphatic carbocycles. The lowest BCUT2D eigenvalue weighted by Gasteiger charge is -2.15. The molecule has 0 atom stereocenters. The highest BCUT2D eigenvalue weighted by atomic mass is 35.5. The molecular weight excluding hydrogens is 393 g/mol. The van der Waals surface area contributed by atoms with Gasteiger partial charge in [0, 0.05) is 5.56 Å². The molecule has 3 rings (SSSR count). The van der Waals surface area contributed by atoms with Gasteiger partial charge in [0.05, 0.1) is 21.7 Å². The lowest BCUT2D eigenvalue weighted by atomic mass is 10.1. The summed E-state index contributed by atoms with van der Waals surface area (Å²) in [4.78, 5) is 14.6. The minimum atomic E-state index is -0.545. The summed E-state index contributed by atoms with van der Waals surface area (Å²) in [6.07, 6.45) is 1.77. The van der Waals surface area contributed by atoms with E-state index in [4.69, 9.17) is 28.6 Å². The van der Waals surface area contributed by atoms with E-state index < -0.39 is 5.82 Å². The summed E-state index contributed by atoms with van der Waals surface area (Å²) >= 11 is 12.3. The zero-order chi connectivity index (χ0) is 18.8. The van der Waals surface area contributed by atoms with Crippen molar-refractivity contribution in [1.29, 1.82) is 0 Å². The molecule has 0 spiro atoms. The van der Waals surface area contributed by atoms with Crippen LogP contribution in [-0.4, -0.2) is 16.3 Å². The third kappa shape index (κ3) is 3.92. The van der Waals surface area contributed by atoms with E-state index in [2.05, 4.69) is 0 Å². The van der Waals surface area contributed by atoms with Crippen molar-refractivity contribution in [2.75, 3.05) is 4.90 Å². The zero-order valence-electron chi connectivity index (χ0n) is 14.0. The van der Waals surface area contributed by atoms with Crippen molar-refractivity contribution >= 4 is 57.6 Å². The van der Waals surface area contributed by atoms with Crippen LogP contribution in [0.1, 0.15) is 19.4 Å². The van der Waals surface area contributed by atoms with E-state index in [9.17, 15) is 9.18 Å². The Morgan fingerprint density at radius 2 is 2.00 bits per heavy atom. The lowest BCUT2D eigenvalue weighted by molar-refractivity contribution is -0.113. The number of nitrogens with zero attached hydrogens (tertiary/aromatic N) is 1. The maximum atomic E-state index is 13.4. The highest BCUT2D eigenvalue weighted by molar-refractivity contribution is 8.27. The first-order valence-corrected chi connectivity index (χ1v) is 9.46.